The molecule has 0 radical (unpaired) electrons. The van der Waals surface area contributed by atoms with Crippen LogP contribution in [0.3, 0.4) is 0 Å². The van der Waals surface area contributed by atoms with E-state index in [1.165, 1.54) is 19.3 Å². The Bertz CT molecular complexity index is 1160. The van der Waals surface area contributed by atoms with Gasteiger partial charge in [-0.15, -0.1) is 10.2 Å². The third-order valence-corrected chi connectivity index (χ3v) is 7.86. The molecule has 37 heavy (non-hydrogen) atoms. The van der Waals surface area contributed by atoms with Gasteiger partial charge in [0.15, 0.2) is 0 Å². The zero-order valence-electron chi connectivity index (χ0n) is 22.2. The van der Waals surface area contributed by atoms with Gasteiger partial charge in [0.05, 0.1) is 5.69 Å². The number of urea groups is 1. The molecule has 1 N–H and O–H groups in total. The maximum atomic E-state index is 13.2. The molecule has 2 saturated heterocycles. The van der Waals surface area contributed by atoms with Crippen LogP contribution in [0.25, 0.3) is 0 Å². The number of nitrogens with zero attached hydrogens (tertiary/aromatic N) is 5. The van der Waals surface area contributed by atoms with E-state index in [0.29, 0.717) is 30.5 Å². The summed E-state index contributed by atoms with van der Waals surface area (Å²) < 4.78 is 2.43. The van der Waals surface area contributed by atoms with Crippen molar-refractivity contribution in [3.05, 3.63) is 72.3 Å². The number of nitrogens with one attached hydrogen (secondary N) is 1. The van der Waals surface area contributed by atoms with Gasteiger partial charge in [0.2, 0.25) is 0 Å². The summed E-state index contributed by atoms with van der Waals surface area (Å²) in [7, 11) is 0. The number of para-hydroxylation sites is 1. The molecule has 2 aliphatic heterocycles. The molecule has 3 fully saturated rings. The number of carbonyl (C=O) groups is 1. The first-order valence-corrected chi connectivity index (χ1v) is 13.7. The van der Waals surface area contributed by atoms with Crippen molar-refractivity contribution in [3.63, 3.8) is 0 Å². The van der Waals surface area contributed by atoms with Crippen molar-refractivity contribution >= 4 is 17.4 Å². The Morgan fingerprint density at radius 1 is 1.11 bits per heavy atom. The predicted octanol–water partition coefficient (Wildman–Crippen LogP) is 5.85. The van der Waals surface area contributed by atoms with Gasteiger partial charge >= 0.3 is 6.03 Å². The van der Waals surface area contributed by atoms with Gasteiger partial charge in [0, 0.05) is 43.3 Å². The van der Waals surface area contributed by atoms with Crippen LogP contribution in [0.4, 0.5) is 16.2 Å². The second-order valence-electron chi connectivity index (χ2n) is 10.8. The standard InChI is InChI=1S/C30H38N6O/c1-22(2)29-33-32-23(3)36(29)28-19-24-15-16-27(20-28)34(21-24)17-10-18-35(26-13-8-5-9-14-26)30(37)31-25-11-6-4-7-12-25/h4-8,11-13,22,24,27-28H,10,15-21H2,1-3H3,(H,31,37)/t24?,27-,28+/m1/s1. The third kappa shape index (κ3) is 5.80. The predicted molar refractivity (Wildman–Crippen MR) is 147 cm³/mol. The molecule has 1 aromatic heterocycles. The van der Waals surface area contributed by atoms with E-state index in [4.69, 9.17) is 0 Å². The van der Waals surface area contributed by atoms with Gasteiger partial charge in [-0.05, 0) is 75.3 Å². The molecular formula is C30H38N6O. The largest absolute Gasteiger partial charge is 0.326 e. The quantitative estimate of drug-likeness (QED) is 0.423. The topological polar surface area (TPSA) is 66.3 Å². The Labute approximate surface area is 220 Å². The Hall–Kier alpha value is -3.37. The molecule has 1 saturated carbocycles. The molecular weight excluding hydrogens is 460 g/mol. The van der Waals surface area contributed by atoms with Crippen LogP contribution in [-0.2, 0) is 0 Å². The van der Waals surface area contributed by atoms with Crippen molar-refractivity contribution in [2.45, 2.75) is 70.9 Å². The van der Waals surface area contributed by atoms with Crippen molar-refractivity contribution in [1.29, 1.82) is 0 Å². The average molecular weight is 499 g/mol. The minimum Gasteiger partial charge on any atom is -0.312 e. The van der Waals surface area contributed by atoms with Crippen molar-refractivity contribution in [1.82, 2.24) is 19.7 Å². The van der Waals surface area contributed by atoms with Crippen molar-refractivity contribution in [2.24, 2.45) is 5.92 Å². The number of hydrogen-bond donors (Lipinski definition) is 1. The fourth-order valence-corrected chi connectivity index (χ4v) is 6.13. The van der Waals surface area contributed by atoms with Crippen LogP contribution in [-0.4, -0.2) is 51.4 Å². The lowest BCUT2D eigenvalue weighted by Crippen LogP contribution is -2.43. The second-order valence-corrected chi connectivity index (χ2v) is 10.8. The molecule has 1 unspecified atom stereocenters. The summed E-state index contributed by atoms with van der Waals surface area (Å²) in [6.45, 7) is 9.26. The average Bonchev–Trinajstić information content (AvgIpc) is 3.07. The number of aryl methyl sites for hydroxylation is 1. The molecule has 3 heterocycles. The molecule has 2 bridgehead atoms. The number of anilines is 2. The molecule has 6 rings (SSSR count). The summed E-state index contributed by atoms with van der Waals surface area (Å²) in [6, 6.07) is 22.3. The van der Waals surface area contributed by atoms with Crippen molar-refractivity contribution in [2.75, 3.05) is 29.9 Å². The molecule has 7 nitrogen and oxygen atoms in total. The maximum absolute atomic E-state index is 13.2. The van der Waals surface area contributed by atoms with Crippen molar-refractivity contribution < 1.29 is 4.79 Å². The number of fused-ring (bicyclic) bond motifs is 4. The van der Waals surface area contributed by atoms with Gasteiger partial charge < -0.3 is 9.88 Å². The zero-order chi connectivity index (χ0) is 25.8. The highest BCUT2D eigenvalue weighted by Gasteiger charge is 2.37. The fourth-order valence-electron chi connectivity index (χ4n) is 6.13. The van der Waals surface area contributed by atoms with Gasteiger partial charge in [-0.1, -0.05) is 44.2 Å². The van der Waals surface area contributed by atoms with E-state index in [1.807, 2.05) is 48.5 Å². The number of rotatable bonds is 8. The smallest absolute Gasteiger partial charge is 0.312 e. The normalized spacial score (nSPS) is 21.5. The van der Waals surface area contributed by atoms with Crippen LogP contribution in [0.2, 0.25) is 0 Å². The van der Waals surface area contributed by atoms with E-state index in [9.17, 15) is 4.79 Å². The Kier molecular flexibility index (Phi) is 7.76. The number of amides is 2. The van der Waals surface area contributed by atoms with Crippen LogP contribution in [0.5, 0.6) is 0 Å². The lowest BCUT2D eigenvalue weighted by Gasteiger charge is -2.37. The Balaban J connectivity index is 1.24. The zero-order valence-corrected chi connectivity index (χ0v) is 22.2. The fraction of sp³-hybridized carbons (Fsp3) is 0.500. The molecule has 194 valence electrons. The lowest BCUT2D eigenvalue weighted by molar-refractivity contribution is 0.122. The number of carbonyl (C=O) groups excluding carboxylic acids is 1. The van der Waals surface area contributed by atoms with Crippen LogP contribution in [0.15, 0.2) is 48.5 Å². The summed E-state index contributed by atoms with van der Waals surface area (Å²) in [5, 5.41) is 12.0. The maximum Gasteiger partial charge on any atom is 0.326 e. The van der Waals surface area contributed by atoms with E-state index < -0.39 is 0 Å². The summed E-state index contributed by atoms with van der Waals surface area (Å²) in [5.41, 5.74) is 1.54. The highest BCUT2D eigenvalue weighted by atomic mass is 16.2. The number of aromatic nitrogens is 3. The molecule has 7 heteroatoms. The molecule has 2 amide bonds. The van der Waals surface area contributed by atoms with Gasteiger partial charge in [-0.3, -0.25) is 9.80 Å². The van der Waals surface area contributed by atoms with E-state index in [0.717, 1.165) is 49.0 Å². The molecule has 1 aliphatic carbocycles. The first-order chi connectivity index (χ1) is 18.0. The molecule has 0 spiro atoms. The highest BCUT2D eigenvalue weighted by Crippen LogP contribution is 2.40. The van der Waals surface area contributed by atoms with E-state index >= 15 is 0 Å². The van der Waals surface area contributed by atoms with Crippen LogP contribution in [0.1, 0.15) is 69.6 Å². The monoisotopic (exact) mass is 498 g/mol. The first kappa shape index (κ1) is 25.3. The van der Waals surface area contributed by atoms with E-state index in [1.54, 1.807) is 4.90 Å². The minimum atomic E-state index is -0.135. The number of piperidine rings is 1. The van der Waals surface area contributed by atoms with Gasteiger partial charge in [-0.25, -0.2) is 4.79 Å². The Morgan fingerprint density at radius 3 is 2.70 bits per heavy atom. The summed E-state index contributed by atoms with van der Waals surface area (Å²) in [5.74, 6) is 3.22. The van der Waals surface area contributed by atoms with Gasteiger partial charge in [0.25, 0.3) is 0 Å². The van der Waals surface area contributed by atoms with Crippen LogP contribution >= 0.6 is 0 Å². The summed E-state index contributed by atoms with van der Waals surface area (Å²) in [4.78, 5) is 17.7. The minimum absolute atomic E-state index is 0.135. The second kappa shape index (κ2) is 11.4. The Morgan fingerprint density at radius 2 is 1.95 bits per heavy atom. The first-order valence-electron chi connectivity index (χ1n) is 13.7. The molecule has 3 aromatic rings. The van der Waals surface area contributed by atoms with Gasteiger partial charge in [-0.2, -0.15) is 0 Å². The van der Waals surface area contributed by atoms with Crippen molar-refractivity contribution in [3.8, 4) is 0 Å². The third-order valence-electron chi connectivity index (χ3n) is 7.86. The highest BCUT2D eigenvalue weighted by molar-refractivity contribution is 6.01. The lowest BCUT2D eigenvalue weighted by atomic mass is 9.94. The van der Waals surface area contributed by atoms with Crippen LogP contribution in [0, 0.1) is 25.0 Å². The molecule has 2 aromatic carbocycles. The summed E-state index contributed by atoms with van der Waals surface area (Å²) >= 11 is 0. The van der Waals surface area contributed by atoms with Gasteiger partial charge in [0.1, 0.15) is 11.6 Å². The van der Waals surface area contributed by atoms with Crippen LogP contribution < -0.4 is 10.2 Å². The SMILES string of the molecule is Cc1nnc(C(C)C)n1[C@H]1CC2CC[C@H](C1)N(CCCN(C(=O)Nc1ccccc1)c1c#cccc1)C2. The van der Waals surface area contributed by atoms with E-state index in [2.05, 4.69) is 57.9 Å². The number of benzene rings is 1. The number of hydrogen-bond acceptors (Lipinski definition) is 4. The molecule has 3 atom stereocenters. The molecule has 3 aliphatic rings. The summed E-state index contributed by atoms with van der Waals surface area (Å²) in [6.07, 6.45) is 5.80. The van der Waals surface area contributed by atoms with E-state index in [-0.39, 0.29) is 6.03 Å².